The number of hydrogen-bond acceptors (Lipinski definition) is 4. The summed E-state index contributed by atoms with van der Waals surface area (Å²) in [4.78, 5) is 0.166. The van der Waals surface area contributed by atoms with Crippen LogP contribution in [0.5, 0.6) is 5.75 Å². The van der Waals surface area contributed by atoms with E-state index in [-0.39, 0.29) is 4.90 Å². The SMILES string of the molecule is COc1ccc(S(=O)(=O)Nc2cccc3cn[nH]c23)cc1. The molecule has 7 heteroatoms. The largest absolute Gasteiger partial charge is 0.497 e. The first-order chi connectivity index (χ1) is 10.1. The highest BCUT2D eigenvalue weighted by molar-refractivity contribution is 7.92. The van der Waals surface area contributed by atoms with Gasteiger partial charge in [-0.15, -0.1) is 0 Å². The van der Waals surface area contributed by atoms with Crippen molar-refractivity contribution in [3.05, 3.63) is 48.7 Å². The van der Waals surface area contributed by atoms with Gasteiger partial charge in [-0.25, -0.2) is 8.42 Å². The van der Waals surface area contributed by atoms with Gasteiger partial charge in [-0.2, -0.15) is 5.10 Å². The zero-order valence-electron chi connectivity index (χ0n) is 11.2. The van der Waals surface area contributed by atoms with Gasteiger partial charge in [0.2, 0.25) is 0 Å². The van der Waals surface area contributed by atoms with Crippen LogP contribution in [-0.2, 0) is 10.0 Å². The highest BCUT2D eigenvalue weighted by Gasteiger charge is 2.16. The van der Waals surface area contributed by atoms with Gasteiger partial charge < -0.3 is 4.74 Å². The van der Waals surface area contributed by atoms with Gasteiger partial charge in [0.25, 0.3) is 10.0 Å². The number of nitrogens with one attached hydrogen (secondary N) is 2. The Hall–Kier alpha value is -2.54. The van der Waals surface area contributed by atoms with E-state index in [1.165, 1.54) is 19.2 Å². The molecule has 2 aromatic carbocycles. The lowest BCUT2D eigenvalue weighted by Crippen LogP contribution is -2.13. The second-order valence-corrected chi connectivity index (χ2v) is 6.10. The van der Waals surface area contributed by atoms with Crippen LogP contribution in [0.1, 0.15) is 0 Å². The predicted octanol–water partition coefficient (Wildman–Crippen LogP) is 2.37. The Morgan fingerprint density at radius 3 is 2.62 bits per heavy atom. The molecule has 1 aromatic heterocycles. The zero-order valence-corrected chi connectivity index (χ0v) is 12.0. The first-order valence-corrected chi connectivity index (χ1v) is 7.67. The fraction of sp³-hybridized carbons (Fsp3) is 0.0714. The van der Waals surface area contributed by atoms with Gasteiger partial charge >= 0.3 is 0 Å². The molecule has 0 aliphatic heterocycles. The number of nitrogens with zero attached hydrogens (tertiary/aromatic N) is 1. The maximum atomic E-state index is 12.4. The number of H-pyrrole nitrogens is 1. The van der Waals surface area contributed by atoms with Crippen LogP contribution in [0.2, 0.25) is 0 Å². The van der Waals surface area contributed by atoms with E-state index in [1.54, 1.807) is 30.5 Å². The van der Waals surface area contributed by atoms with Crippen molar-refractivity contribution >= 4 is 26.6 Å². The van der Waals surface area contributed by atoms with Crippen molar-refractivity contribution in [1.29, 1.82) is 0 Å². The molecule has 0 aliphatic rings. The van der Waals surface area contributed by atoms with E-state index in [1.807, 2.05) is 6.07 Å². The van der Waals surface area contributed by atoms with Crippen LogP contribution >= 0.6 is 0 Å². The summed E-state index contributed by atoms with van der Waals surface area (Å²) < 4.78 is 32.3. The van der Waals surface area contributed by atoms with Gasteiger partial charge in [0.15, 0.2) is 0 Å². The van der Waals surface area contributed by atoms with Crippen LogP contribution in [0.15, 0.2) is 53.6 Å². The molecule has 0 radical (unpaired) electrons. The Bertz CT molecular complexity index is 870. The van der Waals surface area contributed by atoms with E-state index in [2.05, 4.69) is 14.9 Å². The Kier molecular flexibility index (Phi) is 3.26. The number of aromatic nitrogens is 2. The molecule has 3 aromatic rings. The fourth-order valence-electron chi connectivity index (χ4n) is 2.01. The number of anilines is 1. The van der Waals surface area contributed by atoms with Crippen molar-refractivity contribution in [2.24, 2.45) is 0 Å². The van der Waals surface area contributed by atoms with Crippen LogP contribution in [-0.4, -0.2) is 25.7 Å². The number of para-hydroxylation sites is 1. The topological polar surface area (TPSA) is 84.1 Å². The molecule has 0 unspecified atom stereocenters. The van der Waals surface area contributed by atoms with E-state index >= 15 is 0 Å². The molecular formula is C14H13N3O3S. The van der Waals surface area contributed by atoms with Crippen molar-refractivity contribution in [3.8, 4) is 5.75 Å². The standard InChI is InChI=1S/C14H13N3O3S/c1-20-11-5-7-12(8-6-11)21(18,19)17-13-4-2-3-10-9-15-16-14(10)13/h2-9,17H,1H3,(H,15,16). The molecule has 3 rings (SSSR count). The van der Waals surface area contributed by atoms with Crippen LogP contribution < -0.4 is 9.46 Å². The molecule has 0 bridgehead atoms. The summed E-state index contributed by atoms with van der Waals surface area (Å²) in [5, 5.41) is 7.53. The van der Waals surface area contributed by atoms with Gasteiger partial charge in [0.05, 0.1) is 29.4 Å². The highest BCUT2D eigenvalue weighted by Crippen LogP contribution is 2.24. The highest BCUT2D eigenvalue weighted by atomic mass is 32.2. The predicted molar refractivity (Wildman–Crippen MR) is 79.9 cm³/mol. The number of aromatic amines is 1. The fourth-order valence-corrected chi connectivity index (χ4v) is 3.08. The smallest absolute Gasteiger partial charge is 0.261 e. The van der Waals surface area contributed by atoms with E-state index in [9.17, 15) is 8.42 Å². The minimum atomic E-state index is -3.66. The van der Waals surface area contributed by atoms with Gasteiger partial charge in [0.1, 0.15) is 5.75 Å². The lowest BCUT2D eigenvalue weighted by atomic mass is 10.2. The number of rotatable bonds is 4. The number of fused-ring (bicyclic) bond motifs is 1. The van der Waals surface area contributed by atoms with Crippen molar-refractivity contribution in [1.82, 2.24) is 10.2 Å². The molecule has 1 heterocycles. The number of benzene rings is 2. The molecule has 0 spiro atoms. The van der Waals surface area contributed by atoms with Crippen molar-refractivity contribution in [2.45, 2.75) is 4.90 Å². The van der Waals surface area contributed by atoms with Crippen molar-refractivity contribution in [3.63, 3.8) is 0 Å². The van der Waals surface area contributed by atoms with Gasteiger partial charge in [-0.05, 0) is 30.3 Å². The van der Waals surface area contributed by atoms with Gasteiger partial charge in [-0.3, -0.25) is 9.82 Å². The molecule has 0 amide bonds. The summed E-state index contributed by atoms with van der Waals surface area (Å²) in [6.07, 6.45) is 1.64. The molecule has 0 fully saturated rings. The summed E-state index contributed by atoms with van der Waals surface area (Å²) in [7, 11) is -2.13. The maximum absolute atomic E-state index is 12.4. The first-order valence-electron chi connectivity index (χ1n) is 6.19. The molecule has 0 saturated heterocycles. The van der Waals surface area contributed by atoms with E-state index in [0.29, 0.717) is 17.0 Å². The van der Waals surface area contributed by atoms with Crippen LogP contribution in [0, 0.1) is 0 Å². The van der Waals surface area contributed by atoms with E-state index in [0.717, 1.165) is 5.39 Å². The summed E-state index contributed by atoms with van der Waals surface area (Å²) in [6.45, 7) is 0. The first kappa shape index (κ1) is 13.4. The average molecular weight is 303 g/mol. The normalized spacial score (nSPS) is 11.5. The molecule has 2 N–H and O–H groups in total. The zero-order chi connectivity index (χ0) is 14.9. The molecule has 0 aliphatic carbocycles. The van der Waals surface area contributed by atoms with Crippen molar-refractivity contribution in [2.75, 3.05) is 11.8 Å². The summed E-state index contributed by atoms with van der Waals surface area (Å²) >= 11 is 0. The third-order valence-electron chi connectivity index (χ3n) is 3.09. The number of methoxy groups -OCH3 is 1. The van der Waals surface area contributed by atoms with E-state index in [4.69, 9.17) is 4.74 Å². The third-order valence-corrected chi connectivity index (χ3v) is 4.47. The lowest BCUT2D eigenvalue weighted by Gasteiger charge is -2.09. The molecule has 6 nitrogen and oxygen atoms in total. The Morgan fingerprint density at radius 2 is 1.90 bits per heavy atom. The monoisotopic (exact) mass is 303 g/mol. The molecule has 0 saturated carbocycles. The van der Waals surface area contributed by atoms with Crippen molar-refractivity contribution < 1.29 is 13.2 Å². The Balaban J connectivity index is 1.97. The number of ether oxygens (including phenoxy) is 1. The van der Waals surface area contributed by atoms with Crippen LogP contribution in [0.25, 0.3) is 10.9 Å². The maximum Gasteiger partial charge on any atom is 0.261 e. The van der Waals surface area contributed by atoms with Gasteiger partial charge in [0, 0.05) is 5.39 Å². The Labute approximate surface area is 121 Å². The molecule has 21 heavy (non-hydrogen) atoms. The van der Waals surface area contributed by atoms with Crippen LogP contribution in [0.4, 0.5) is 5.69 Å². The summed E-state index contributed by atoms with van der Waals surface area (Å²) in [5.41, 5.74) is 1.11. The van der Waals surface area contributed by atoms with Gasteiger partial charge in [-0.1, -0.05) is 12.1 Å². The Morgan fingerprint density at radius 1 is 1.14 bits per heavy atom. The number of hydrogen-bond donors (Lipinski definition) is 2. The minimum absolute atomic E-state index is 0.166. The lowest BCUT2D eigenvalue weighted by molar-refractivity contribution is 0.414. The molecule has 108 valence electrons. The summed E-state index contributed by atoms with van der Waals surface area (Å²) in [5.74, 6) is 0.601. The minimum Gasteiger partial charge on any atom is -0.497 e. The van der Waals surface area contributed by atoms with E-state index < -0.39 is 10.0 Å². The summed E-state index contributed by atoms with van der Waals surface area (Å²) in [6, 6.07) is 11.5. The second-order valence-electron chi connectivity index (χ2n) is 4.42. The van der Waals surface area contributed by atoms with Crippen LogP contribution in [0.3, 0.4) is 0 Å². The quantitative estimate of drug-likeness (QED) is 0.775. The third kappa shape index (κ3) is 2.55. The molecular weight excluding hydrogens is 290 g/mol. The molecule has 0 atom stereocenters. The average Bonchev–Trinajstić information content (AvgIpc) is 2.97. The second kappa shape index (κ2) is 5.10. The number of sulfonamides is 1.